The minimum absolute atomic E-state index is 0.461. The molecule has 0 amide bonds. The fraction of sp³-hybridized carbons (Fsp3) is 0.600. The van der Waals surface area contributed by atoms with E-state index in [9.17, 15) is 4.79 Å². The van der Waals surface area contributed by atoms with Crippen molar-refractivity contribution in [2.45, 2.75) is 32.2 Å². The maximum atomic E-state index is 10.9. The van der Waals surface area contributed by atoms with E-state index in [0.29, 0.717) is 6.42 Å². The van der Waals surface area contributed by atoms with Crippen LogP contribution in [0.25, 0.3) is 0 Å². The Kier molecular flexibility index (Phi) is 5.28. The largest absolute Gasteiger partial charge is 0.480 e. The number of aromatic nitrogens is 1. The average molecular weight is 228 g/mol. The smallest absolute Gasteiger partial charge is 0.321 e. The van der Waals surface area contributed by atoms with E-state index in [4.69, 9.17) is 5.11 Å². The summed E-state index contributed by atoms with van der Waals surface area (Å²) in [7, 11) is 0. The fourth-order valence-corrected chi connectivity index (χ4v) is 1.82. The Morgan fingerprint density at radius 3 is 3.07 bits per heavy atom. The number of thiazole rings is 1. The van der Waals surface area contributed by atoms with E-state index in [1.54, 1.807) is 5.51 Å². The van der Waals surface area contributed by atoms with Gasteiger partial charge < -0.3 is 10.4 Å². The van der Waals surface area contributed by atoms with Crippen molar-refractivity contribution in [2.75, 3.05) is 6.54 Å². The number of aliphatic carboxylic acids is 1. The van der Waals surface area contributed by atoms with Crippen LogP contribution in [0, 0.1) is 0 Å². The van der Waals surface area contributed by atoms with Crippen LogP contribution in [0.15, 0.2) is 10.9 Å². The van der Waals surface area contributed by atoms with Gasteiger partial charge in [0.05, 0.1) is 11.2 Å². The van der Waals surface area contributed by atoms with Gasteiger partial charge >= 0.3 is 5.97 Å². The third-order valence-corrected chi connectivity index (χ3v) is 2.75. The molecule has 2 N–H and O–H groups in total. The zero-order chi connectivity index (χ0) is 11.1. The molecule has 0 aliphatic carbocycles. The molecular formula is C10H16N2O2S. The van der Waals surface area contributed by atoms with Crippen molar-refractivity contribution >= 4 is 17.3 Å². The number of rotatable bonds is 7. The van der Waals surface area contributed by atoms with Crippen LogP contribution in [-0.4, -0.2) is 28.6 Å². The Labute approximate surface area is 93.4 Å². The van der Waals surface area contributed by atoms with Crippen molar-refractivity contribution in [3.8, 4) is 0 Å². The van der Waals surface area contributed by atoms with Crippen molar-refractivity contribution in [1.82, 2.24) is 10.3 Å². The lowest BCUT2D eigenvalue weighted by atomic mass is 10.1. The van der Waals surface area contributed by atoms with Crippen molar-refractivity contribution in [3.05, 3.63) is 16.6 Å². The molecule has 15 heavy (non-hydrogen) atoms. The predicted octanol–water partition coefficient (Wildman–Crippen LogP) is 1.53. The Balaban J connectivity index is 2.40. The Morgan fingerprint density at radius 1 is 1.73 bits per heavy atom. The number of carboxylic acid groups (broad SMARTS) is 1. The Bertz CT molecular complexity index is 288. The van der Waals surface area contributed by atoms with Gasteiger partial charge in [0.25, 0.3) is 0 Å². The van der Waals surface area contributed by atoms with Gasteiger partial charge in [-0.05, 0) is 13.0 Å². The molecule has 0 spiro atoms. The number of nitrogens with one attached hydrogen (secondary N) is 1. The molecule has 0 aromatic carbocycles. The second kappa shape index (κ2) is 6.53. The number of carbonyl (C=O) groups is 1. The van der Waals surface area contributed by atoms with E-state index >= 15 is 0 Å². The van der Waals surface area contributed by atoms with Crippen LogP contribution in [0.3, 0.4) is 0 Å². The van der Waals surface area contributed by atoms with E-state index in [2.05, 4.69) is 17.2 Å². The molecule has 1 rings (SSSR count). The molecule has 1 atom stereocenters. The maximum Gasteiger partial charge on any atom is 0.321 e. The first-order valence-corrected chi connectivity index (χ1v) is 6.01. The molecule has 84 valence electrons. The first-order chi connectivity index (χ1) is 7.24. The summed E-state index contributed by atoms with van der Waals surface area (Å²) in [5.41, 5.74) is 2.57. The van der Waals surface area contributed by atoms with E-state index in [-0.39, 0.29) is 0 Å². The van der Waals surface area contributed by atoms with Gasteiger partial charge in [0, 0.05) is 11.8 Å². The van der Waals surface area contributed by atoms with Crippen LogP contribution < -0.4 is 5.32 Å². The summed E-state index contributed by atoms with van der Waals surface area (Å²) in [4.78, 5) is 15.0. The Morgan fingerprint density at radius 2 is 2.53 bits per heavy atom. The van der Waals surface area contributed by atoms with Gasteiger partial charge in [-0.3, -0.25) is 4.79 Å². The molecule has 1 heterocycles. The minimum Gasteiger partial charge on any atom is -0.480 e. The topological polar surface area (TPSA) is 62.2 Å². The van der Waals surface area contributed by atoms with Gasteiger partial charge in [0.2, 0.25) is 0 Å². The summed E-state index contributed by atoms with van der Waals surface area (Å²) in [6, 6.07) is -0.515. The first kappa shape index (κ1) is 12.1. The summed E-state index contributed by atoms with van der Waals surface area (Å²) >= 11 is 1.49. The zero-order valence-electron chi connectivity index (χ0n) is 8.77. The van der Waals surface area contributed by atoms with Crippen LogP contribution in [0.4, 0.5) is 0 Å². The number of hydrogen-bond acceptors (Lipinski definition) is 4. The van der Waals surface area contributed by atoms with Gasteiger partial charge in [-0.1, -0.05) is 13.3 Å². The molecule has 1 aromatic heterocycles. The van der Waals surface area contributed by atoms with Crippen LogP contribution in [-0.2, 0) is 11.2 Å². The van der Waals surface area contributed by atoms with Gasteiger partial charge in [0.1, 0.15) is 6.04 Å². The van der Waals surface area contributed by atoms with Gasteiger partial charge in [-0.2, -0.15) is 0 Å². The van der Waals surface area contributed by atoms with Gasteiger partial charge in [0.15, 0.2) is 0 Å². The molecule has 0 saturated heterocycles. The van der Waals surface area contributed by atoms with Crippen molar-refractivity contribution in [3.63, 3.8) is 0 Å². The van der Waals surface area contributed by atoms with E-state index < -0.39 is 12.0 Å². The SMILES string of the molecule is CCCCN[C@@H](Cc1cscn1)C(=O)O. The molecule has 0 saturated carbocycles. The van der Waals surface area contributed by atoms with E-state index in [1.165, 1.54) is 11.3 Å². The maximum absolute atomic E-state index is 10.9. The summed E-state index contributed by atoms with van der Waals surface area (Å²) < 4.78 is 0. The van der Waals surface area contributed by atoms with Crippen molar-refractivity contribution in [2.24, 2.45) is 0 Å². The molecule has 0 radical (unpaired) electrons. The summed E-state index contributed by atoms with van der Waals surface area (Å²) in [6.07, 6.45) is 2.53. The molecule has 0 bridgehead atoms. The van der Waals surface area contributed by atoms with Crippen LogP contribution in [0.1, 0.15) is 25.5 Å². The molecule has 0 aliphatic rings. The summed E-state index contributed by atoms with van der Waals surface area (Å²) in [6.45, 7) is 2.83. The molecule has 0 unspecified atom stereocenters. The van der Waals surface area contributed by atoms with Crippen LogP contribution in [0.2, 0.25) is 0 Å². The highest BCUT2D eigenvalue weighted by atomic mass is 32.1. The second-order valence-electron chi connectivity index (χ2n) is 3.38. The van der Waals surface area contributed by atoms with Crippen molar-refractivity contribution < 1.29 is 9.90 Å². The lowest BCUT2D eigenvalue weighted by molar-refractivity contribution is -0.139. The lowest BCUT2D eigenvalue weighted by Gasteiger charge is -2.12. The highest BCUT2D eigenvalue weighted by Crippen LogP contribution is 2.04. The number of hydrogen-bond donors (Lipinski definition) is 2. The third kappa shape index (κ3) is 4.40. The Hall–Kier alpha value is -0.940. The molecule has 5 heteroatoms. The standard InChI is InChI=1S/C10H16N2O2S/c1-2-3-4-11-9(10(13)14)5-8-6-15-7-12-8/h6-7,9,11H,2-5H2,1H3,(H,13,14)/t9-/m0/s1. The molecule has 0 fully saturated rings. The fourth-order valence-electron chi connectivity index (χ4n) is 1.25. The average Bonchev–Trinajstić information content (AvgIpc) is 2.69. The number of nitrogens with zero attached hydrogens (tertiary/aromatic N) is 1. The minimum atomic E-state index is -0.806. The third-order valence-electron chi connectivity index (χ3n) is 2.12. The zero-order valence-corrected chi connectivity index (χ0v) is 9.59. The molecule has 4 nitrogen and oxygen atoms in total. The number of carboxylic acids is 1. The van der Waals surface area contributed by atoms with Crippen LogP contribution >= 0.6 is 11.3 Å². The number of unbranched alkanes of at least 4 members (excludes halogenated alkanes) is 1. The predicted molar refractivity (Wildman–Crippen MR) is 60.2 cm³/mol. The molecule has 1 aromatic rings. The summed E-state index contributed by atoms with van der Waals surface area (Å²) in [5, 5.41) is 13.9. The van der Waals surface area contributed by atoms with Crippen molar-refractivity contribution in [1.29, 1.82) is 0 Å². The first-order valence-electron chi connectivity index (χ1n) is 5.07. The molecule has 0 aliphatic heterocycles. The van der Waals surface area contributed by atoms with Gasteiger partial charge in [-0.15, -0.1) is 11.3 Å². The van der Waals surface area contributed by atoms with E-state index in [0.717, 1.165) is 25.1 Å². The summed E-state index contributed by atoms with van der Waals surface area (Å²) in [5.74, 6) is -0.806. The van der Waals surface area contributed by atoms with Crippen LogP contribution in [0.5, 0.6) is 0 Å². The monoisotopic (exact) mass is 228 g/mol. The molecular weight excluding hydrogens is 212 g/mol. The quantitative estimate of drug-likeness (QED) is 0.695. The van der Waals surface area contributed by atoms with E-state index in [1.807, 2.05) is 5.38 Å². The highest BCUT2D eigenvalue weighted by Gasteiger charge is 2.17. The van der Waals surface area contributed by atoms with Gasteiger partial charge in [-0.25, -0.2) is 4.98 Å². The second-order valence-corrected chi connectivity index (χ2v) is 4.10. The lowest BCUT2D eigenvalue weighted by Crippen LogP contribution is -2.39. The normalized spacial score (nSPS) is 12.6. The highest BCUT2D eigenvalue weighted by molar-refractivity contribution is 7.07.